The van der Waals surface area contributed by atoms with E-state index in [1.54, 1.807) is 0 Å². The van der Waals surface area contributed by atoms with Crippen LogP contribution in [0.1, 0.15) is 69.6 Å². The molecule has 2 aliphatic rings. The highest BCUT2D eigenvalue weighted by molar-refractivity contribution is 5.70. The van der Waals surface area contributed by atoms with Crippen LogP contribution in [0, 0.1) is 13.8 Å². The Morgan fingerprint density at radius 2 is 1.47 bits per heavy atom. The summed E-state index contributed by atoms with van der Waals surface area (Å²) in [5.41, 5.74) is 7.82. The molecule has 3 aromatic rings. The number of aryl methyl sites for hydroxylation is 2. The lowest BCUT2D eigenvalue weighted by atomic mass is 9.85. The highest BCUT2D eigenvalue weighted by atomic mass is 16.5. The molecule has 0 spiro atoms. The molecule has 5 nitrogen and oxygen atoms in total. The third kappa shape index (κ3) is 5.02. The molecule has 0 bridgehead atoms. The zero-order valence-corrected chi connectivity index (χ0v) is 24.3. The summed E-state index contributed by atoms with van der Waals surface area (Å²) in [6, 6.07) is 15.2. The van der Waals surface area contributed by atoms with E-state index in [-0.39, 0.29) is 10.8 Å². The second-order valence-corrected chi connectivity index (χ2v) is 12.6. The quantitative estimate of drug-likeness (QED) is 0.360. The van der Waals surface area contributed by atoms with E-state index >= 15 is 0 Å². The van der Waals surface area contributed by atoms with E-state index in [9.17, 15) is 0 Å². The number of benzene rings is 2. The van der Waals surface area contributed by atoms with Gasteiger partial charge in [0.1, 0.15) is 17.3 Å². The molecule has 2 aliphatic heterocycles. The lowest BCUT2D eigenvalue weighted by Gasteiger charge is -2.26. The highest BCUT2D eigenvalue weighted by Gasteiger charge is 2.27. The maximum atomic E-state index is 6.69. The lowest BCUT2D eigenvalue weighted by molar-refractivity contribution is 0.422. The average molecular weight is 509 g/mol. The summed E-state index contributed by atoms with van der Waals surface area (Å²) in [6.07, 6.45) is 8.71. The summed E-state index contributed by atoms with van der Waals surface area (Å²) < 4.78 is 8.69. The number of allylic oxidation sites excluding steroid dienone is 2. The number of hydrogen-bond acceptors (Lipinski definition) is 4. The second-order valence-electron chi connectivity index (χ2n) is 12.6. The maximum Gasteiger partial charge on any atom is 0.129 e. The van der Waals surface area contributed by atoms with Crippen LogP contribution in [0.15, 0.2) is 72.7 Å². The van der Waals surface area contributed by atoms with Gasteiger partial charge in [0, 0.05) is 37.1 Å². The van der Waals surface area contributed by atoms with E-state index in [4.69, 9.17) is 9.84 Å². The third-order valence-corrected chi connectivity index (χ3v) is 7.28. The Kier molecular flexibility index (Phi) is 6.29. The minimum Gasteiger partial charge on any atom is -0.457 e. The van der Waals surface area contributed by atoms with Crippen LogP contribution in [0.5, 0.6) is 11.5 Å². The van der Waals surface area contributed by atoms with Crippen molar-refractivity contribution in [3.8, 4) is 17.2 Å². The fraction of sp³-hybridized carbons (Fsp3) is 0.364. The number of fused-ring (bicyclic) bond motifs is 1. The molecule has 0 saturated carbocycles. The first kappa shape index (κ1) is 25.9. The predicted molar refractivity (Wildman–Crippen MR) is 157 cm³/mol. The van der Waals surface area contributed by atoms with Crippen LogP contribution in [0.4, 0.5) is 0 Å². The molecule has 3 heterocycles. The molecule has 0 fully saturated rings. The Morgan fingerprint density at radius 3 is 2.08 bits per heavy atom. The minimum absolute atomic E-state index is 0.0260. The van der Waals surface area contributed by atoms with Crippen LogP contribution < -0.4 is 4.74 Å². The van der Waals surface area contributed by atoms with Crippen LogP contribution in [-0.4, -0.2) is 33.2 Å². The molecule has 1 aromatic heterocycles. The molecule has 0 N–H and O–H groups in total. The van der Waals surface area contributed by atoms with Crippen LogP contribution in [0.2, 0.25) is 0 Å². The molecule has 2 aromatic carbocycles. The van der Waals surface area contributed by atoms with Crippen molar-refractivity contribution >= 4 is 5.70 Å². The van der Waals surface area contributed by atoms with E-state index in [1.165, 1.54) is 22.6 Å². The predicted octanol–water partition coefficient (Wildman–Crippen LogP) is 7.83. The number of nitrogens with zero attached hydrogens (tertiary/aromatic N) is 4. The molecular formula is C33H40N4O. The average Bonchev–Trinajstić information content (AvgIpc) is 3.36. The van der Waals surface area contributed by atoms with Gasteiger partial charge in [-0.15, -0.1) is 0 Å². The van der Waals surface area contributed by atoms with Crippen LogP contribution >= 0.6 is 0 Å². The molecule has 0 unspecified atom stereocenters. The molecular weight excluding hydrogens is 468 g/mol. The minimum atomic E-state index is -0.0352. The van der Waals surface area contributed by atoms with Crippen LogP contribution in [0.25, 0.3) is 11.4 Å². The number of hydrogen-bond donors (Lipinski definition) is 0. The summed E-state index contributed by atoms with van der Waals surface area (Å²) in [5.74, 6) is 2.85. The maximum absolute atomic E-state index is 6.69. The van der Waals surface area contributed by atoms with Crippen LogP contribution in [0.3, 0.4) is 0 Å². The molecule has 0 radical (unpaired) electrons. The standard InChI is InChI=1S/C33H40N4O/c1-22-14-23(2)37(34-22)27-17-26(33(6,7)8)19-29(20-27)38-28-16-24(15-25(18-28)32(3,4)5)30-21-36-13-11-10-12-31(36)35(30)9/h10-12,14-21H,13H2,1-9H3. The monoisotopic (exact) mass is 508 g/mol. The molecule has 0 saturated heterocycles. The summed E-state index contributed by atoms with van der Waals surface area (Å²) >= 11 is 0. The van der Waals surface area contributed by atoms with Gasteiger partial charge in [-0.1, -0.05) is 53.7 Å². The van der Waals surface area contributed by atoms with Gasteiger partial charge in [0.2, 0.25) is 0 Å². The van der Waals surface area contributed by atoms with Gasteiger partial charge in [-0.2, -0.15) is 5.10 Å². The first-order valence-corrected chi connectivity index (χ1v) is 13.4. The molecule has 38 heavy (non-hydrogen) atoms. The largest absolute Gasteiger partial charge is 0.457 e. The zero-order valence-electron chi connectivity index (χ0n) is 24.3. The highest BCUT2D eigenvalue weighted by Crippen LogP contribution is 2.39. The molecule has 0 atom stereocenters. The van der Waals surface area contributed by atoms with E-state index in [0.29, 0.717) is 0 Å². The molecule has 5 rings (SSSR count). The molecule has 0 amide bonds. The molecule has 5 heteroatoms. The van der Waals surface area contributed by atoms with Crippen molar-refractivity contribution in [1.29, 1.82) is 0 Å². The Hall–Kier alpha value is -3.73. The lowest BCUT2D eigenvalue weighted by Crippen LogP contribution is -2.22. The first-order valence-electron chi connectivity index (χ1n) is 13.4. The van der Waals surface area contributed by atoms with Crippen molar-refractivity contribution < 1.29 is 4.74 Å². The molecule has 0 aliphatic carbocycles. The van der Waals surface area contributed by atoms with Gasteiger partial charge in [-0.25, -0.2) is 4.68 Å². The topological polar surface area (TPSA) is 33.5 Å². The van der Waals surface area contributed by atoms with E-state index in [1.807, 2.05) is 11.6 Å². The van der Waals surface area contributed by atoms with Gasteiger partial charge >= 0.3 is 0 Å². The molecule has 198 valence electrons. The van der Waals surface area contributed by atoms with E-state index < -0.39 is 0 Å². The number of aromatic nitrogens is 2. The van der Waals surface area contributed by atoms with Gasteiger partial charge in [-0.05, 0) is 78.3 Å². The van der Waals surface area contributed by atoms with E-state index in [0.717, 1.165) is 40.7 Å². The van der Waals surface area contributed by atoms with Crippen molar-refractivity contribution in [2.45, 2.75) is 66.2 Å². The van der Waals surface area contributed by atoms with Crippen molar-refractivity contribution in [3.05, 3.63) is 101 Å². The summed E-state index contributed by atoms with van der Waals surface area (Å²) in [6.45, 7) is 18.5. The summed E-state index contributed by atoms with van der Waals surface area (Å²) in [5, 5.41) is 4.74. The normalized spacial score (nSPS) is 15.5. The first-order chi connectivity index (χ1) is 17.8. The Balaban J connectivity index is 1.59. The smallest absolute Gasteiger partial charge is 0.129 e. The Bertz CT molecular complexity index is 1470. The number of rotatable bonds is 4. The summed E-state index contributed by atoms with van der Waals surface area (Å²) in [7, 11) is 2.13. The third-order valence-electron chi connectivity index (χ3n) is 7.28. The fourth-order valence-corrected chi connectivity index (χ4v) is 5.03. The summed E-state index contributed by atoms with van der Waals surface area (Å²) in [4.78, 5) is 4.54. The van der Waals surface area contributed by atoms with Crippen molar-refractivity contribution in [1.82, 2.24) is 19.6 Å². The van der Waals surface area contributed by atoms with Gasteiger partial charge in [0.25, 0.3) is 0 Å². The second kappa shape index (κ2) is 9.23. The Morgan fingerprint density at radius 1 is 0.816 bits per heavy atom. The van der Waals surface area contributed by atoms with E-state index in [2.05, 4.69) is 132 Å². The van der Waals surface area contributed by atoms with Crippen molar-refractivity contribution in [2.75, 3.05) is 13.6 Å². The van der Waals surface area contributed by atoms with Gasteiger partial charge in [0.05, 0.1) is 17.1 Å². The van der Waals surface area contributed by atoms with Crippen molar-refractivity contribution in [2.24, 2.45) is 0 Å². The van der Waals surface area contributed by atoms with Gasteiger partial charge in [-0.3, -0.25) is 0 Å². The Labute approximate surface area is 227 Å². The zero-order chi connectivity index (χ0) is 27.4. The van der Waals surface area contributed by atoms with Crippen LogP contribution in [-0.2, 0) is 10.8 Å². The van der Waals surface area contributed by atoms with Gasteiger partial charge < -0.3 is 14.5 Å². The van der Waals surface area contributed by atoms with Gasteiger partial charge in [0.15, 0.2) is 0 Å². The van der Waals surface area contributed by atoms with Crippen molar-refractivity contribution in [3.63, 3.8) is 0 Å². The SMILES string of the molecule is Cc1cc(C)n(-c2cc(Oc3cc(C4=CN5CC=CC=C5N4C)cc(C(C)(C)C)c3)cc(C(C)(C)C)c2)n1. The number of ether oxygens (including phenoxy) is 1. The fourth-order valence-electron chi connectivity index (χ4n) is 5.03.